The van der Waals surface area contributed by atoms with Crippen molar-refractivity contribution in [2.75, 3.05) is 32.6 Å². The highest BCUT2D eigenvalue weighted by molar-refractivity contribution is 5.96. The number of nitrogens with one attached hydrogen (secondary N) is 1. The van der Waals surface area contributed by atoms with Crippen molar-refractivity contribution >= 4 is 17.5 Å². The summed E-state index contributed by atoms with van der Waals surface area (Å²) in [7, 11) is 3.13. The molecular weight excluding hydrogens is 392 g/mol. The Kier molecular flexibility index (Phi) is 7.55. The van der Waals surface area contributed by atoms with E-state index in [9.17, 15) is 9.59 Å². The molecule has 166 valence electrons. The molecule has 31 heavy (non-hydrogen) atoms. The summed E-state index contributed by atoms with van der Waals surface area (Å²) in [5.41, 5.74) is 3.81. The molecule has 1 N–H and O–H groups in total. The fraction of sp³-hybridized carbons (Fsp3) is 0.440. The molecule has 0 spiro atoms. The molecule has 1 saturated heterocycles. The van der Waals surface area contributed by atoms with Crippen molar-refractivity contribution in [3.05, 3.63) is 53.1 Å². The van der Waals surface area contributed by atoms with Crippen molar-refractivity contribution in [1.82, 2.24) is 4.90 Å². The van der Waals surface area contributed by atoms with Crippen LogP contribution in [0.4, 0.5) is 5.69 Å². The molecule has 1 aliphatic heterocycles. The number of nitrogens with zero attached hydrogens (tertiary/aromatic N) is 1. The van der Waals surface area contributed by atoms with E-state index in [1.165, 1.54) is 0 Å². The van der Waals surface area contributed by atoms with E-state index in [0.29, 0.717) is 43.0 Å². The van der Waals surface area contributed by atoms with Gasteiger partial charge in [-0.05, 0) is 48.9 Å². The Morgan fingerprint density at radius 2 is 1.52 bits per heavy atom. The zero-order valence-electron chi connectivity index (χ0n) is 18.9. The van der Waals surface area contributed by atoms with Crippen LogP contribution in [0.3, 0.4) is 0 Å². The maximum absolute atomic E-state index is 13.0. The van der Waals surface area contributed by atoms with Gasteiger partial charge in [-0.3, -0.25) is 9.59 Å². The van der Waals surface area contributed by atoms with Crippen LogP contribution in [-0.4, -0.2) is 44.0 Å². The van der Waals surface area contributed by atoms with Crippen LogP contribution in [0.25, 0.3) is 0 Å². The Hall–Kier alpha value is -3.02. The number of rotatable bonds is 7. The van der Waals surface area contributed by atoms with Crippen molar-refractivity contribution in [1.29, 1.82) is 0 Å². The minimum absolute atomic E-state index is 0.0470. The number of aryl methyl sites for hydroxylation is 2. The van der Waals surface area contributed by atoms with Gasteiger partial charge in [0.1, 0.15) is 11.5 Å². The first-order valence-corrected chi connectivity index (χ1v) is 10.9. The predicted molar refractivity (Wildman–Crippen MR) is 122 cm³/mol. The second kappa shape index (κ2) is 10.3. The molecule has 2 aromatic rings. The molecule has 0 atom stereocenters. The number of methoxy groups -OCH3 is 2. The lowest BCUT2D eigenvalue weighted by atomic mass is 9.94. The summed E-state index contributed by atoms with van der Waals surface area (Å²) in [5.74, 6) is 1.04. The summed E-state index contributed by atoms with van der Waals surface area (Å²) in [6.07, 6.45) is 3.05. The Morgan fingerprint density at radius 1 is 0.968 bits per heavy atom. The summed E-state index contributed by atoms with van der Waals surface area (Å²) in [5, 5.41) is 3.18. The van der Waals surface area contributed by atoms with E-state index in [2.05, 4.69) is 31.3 Å². The van der Waals surface area contributed by atoms with E-state index in [1.807, 2.05) is 6.07 Å². The van der Waals surface area contributed by atoms with Gasteiger partial charge in [-0.2, -0.15) is 0 Å². The number of carbonyl (C=O) groups is 2. The topological polar surface area (TPSA) is 67.9 Å². The highest BCUT2D eigenvalue weighted by Gasteiger charge is 2.29. The monoisotopic (exact) mass is 424 g/mol. The van der Waals surface area contributed by atoms with E-state index < -0.39 is 0 Å². The first kappa shape index (κ1) is 22.7. The molecule has 6 nitrogen and oxygen atoms in total. The van der Waals surface area contributed by atoms with E-state index in [0.717, 1.165) is 29.7 Å². The number of hydrogen-bond acceptors (Lipinski definition) is 4. The number of para-hydroxylation sites is 1. The maximum Gasteiger partial charge on any atom is 0.254 e. The fourth-order valence-corrected chi connectivity index (χ4v) is 4.09. The highest BCUT2D eigenvalue weighted by Crippen LogP contribution is 2.27. The minimum atomic E-state index is -0.0986. The fourth-order valence-electron chi connectivity index (χ4n) is 4.09. The van der Waals surface area contributed by atoms with Gasteiger partial charge in [0.05, 0.1) is 14.2 Å². The predicted octanol–water partition coefficient (Wildman–Crippen LogP) is 4.32. The molecule has 0 radical (unpaired) electrons. The van der Waals surface area contributed by atoms with Gasteiger partial charge in [0.2, 0.25) is 5.91 Å². The van der Waals surface area contributed by atoms with Crippen LogP contribution in [0.15, 0.2) is 36.4 Å². The molecule has 0 unspecified atom stereocenters. The lowest BCUT2D eigenvalue weighted by Crippen LogP contribution is -2.41. The molecule has 1 heterocycles. The number of carbonyl (C=O) groups excluding carboxylic acids is 2. The van der Waals surface area contributed by atoms with Crippen molar-refractivity contribution in [3.8, 4) is 11.5 Å². The van der Waals surface area contributed by atoms with E-state index in [1.54, 1.807) is 37.3 Å². The smallest absolute Gasteiger partial charge is 0.254 e. The van der Waals surface area contributed by atoms with Gasteiger partial charge in [-0.25, -0.2) is 0 Å². The summed E-state index contributed by atoms with van der Waals surface area (Å²) in [6.45, 7) is 5.29. The lowest BCUT2D eigenvalue weighted by molar-refractivity contribution is -0.121. The number of amides is 2. The number of likely N-dealkylation sites (tertiary alicyclic amines) is 1. The highest BCUT2D eigenvalue weighted by atomic mass is 16.5. The minimum Gasteiger partial charge on any atom is -0.497 e. The summed E-state index contributed by atoms with van der Waals surface area (Å²) < 4.78 is 10.5. The number of benzene rings is 2. The maximum atomic E-state index is 13.0. The van der Waals surface area contributed by atoms with E-state index in [4.69, 9.17) is 9.47 Å². The average molecular weight is 425 g/mol. The molecular formula is C25H32N2O4. The van der Waals surface area contributed by atoms with Crippen LogP contribution < -0.4 is 14.8 Å². The standard InChI is InChI=1S/C25H32N2O4/c1-5-17-8-7-9-18(6-2)23(17)26-24(28)19-10-12-27(13-11-19)25(29)20-14-21(30-3)16-22(15-20)31-4/h7-9,14-16,19H,5-6,10-13H2,1-4H3,(H,26,28). The first-order valence-electron chi connectivity index (χ1n) is 10.9. The van der Waals surface area contributed by atoms with Gasteiger partial charge in [0.25, 0.3) is 5.91 Å². The largest absolute Gasteiger partial charge is 0.497 e. The SMILES string of the molecule is CCc1cccc(CC)c1NC(=O)C1CCN(C(=O)c2cc(OC)cc(OC)c2)CC1. The quantitative estimate of drug-likeness (QED) is 0.719. The van der Waals surface area contributed by atoms with Crippen LogP contribution in [0.2, 0.25) is 0 Å². The van der Waals surface area contributed by atoms with Crippen LogP contribution in [0, 0.1) is 5.92 Å². The Bertz CT molecular complexity index is 889. The molecule has 1 fully saturated rings. The van der Waals surface area contributed by atoms with Crippen LogP contribution in [-0.2, 0) is 17.6 Å². The zero-order chi connectivity index (χ0) is 22.4. The van der Waals surface area contributed by atoms with Crippen molar-refractivity contribution in [2.24, 2.45) is 5.92 Å². The van der Waals surface area contributed by atoms with Gasteiger partial charge in [0.15, 0.2) is 0 Å². The van der Waals surface area contributed by atoms with E-state index >= 15 is 0 Å². The van der Waals surface area contributed by atoms with Crippen molar-refractivity contribution < 1.29 is 19.1 Å². The number of piperidine rings is 1. The van der Waals surface area contributed by atoms with Gasteiger partial charge in [-0.1, -0.05) is 32.0 Å². The molecule has 1 aliphatic rings. The van der Waals surface area contributed by atoms with Crippen LogP contribution in [0.1, 0.15) is 48.2 Å². The second-order valence-electron chi connectivity index (χ2n) is 7.82. The summed E-state index contributed by atoms with van der Waals surface area (Å²) in [4.78, 5) is 27.8. The third-order valence-corrected chi connectivity index (χ3v) is 6.00. The lowest BCUT2D eigenvalue weighted by Gasteiger charge is -2.32. The third-order valence-electron chi connectivity index (χ3n) is 6.00. The van der Waals surface area contributed by atoms with E-state index in [-0.39, 0.29) is 17.7 Å². The summed E-state index contributed by atoms with van der Waals surface area (Å²) >= 11 is 0. The van der Waals surface area contributed by atoms with Crippen LogP contribution in [0.5, 0.6) is 11.5 Å². The molecule has 3 rings (SSSR count). The molecule has 2 aromatic carbocycles. The van der Waals surface area contributed by atoms with Crippen molar-refractivity contribution in [2.45, 2.75) is 39.5 Å². The Morgan fingerprint density at radius 3 is 2.00 bits per heavy atom. The van der Waals surface area contributed by atoms with Gasteiger partial charge in [0, 0.05) is 36.3 Å². The molecule has 0 aliphatic carbocycles. The average Bonchev–Trinajstić information content (AvgIpc) is 2.83. The van der Waals surface area contributed by atoms with Gasteiger partial charge >= 0.3 is 0 Å². The number of ether oxygens (including phenoxy) is 2. The Labute approximate surface area is 184 Å². The zero-order valence-corrected chi connectivity index (χ0v) is 18.9. The second-order valence-corrected chi connectivity index (χ2v) is 7.82. The van der Waals surface area contributed by atoms with Crippen molar-refractivity contribution in [3.63, 3.8) is 0 Å². The molecule has 0 saturated carbocycles. The molecule has 6 heteroatoms. The molecule has 0 aromatic heterocycles. The Balaban J connectivity index is 1.65. The number of hydrogen-bond donors (Lipinski definition) is 1. The normalized spacial score (nSPS) is 14.3. The number of anilines is 1. The third kappa shape index (κ3) is 5.19. The first-order chi connectivity index (χ1) is 15.0. The molecule has 2 amide bonds. The van der Waals surface area contributed by atoms with Gasteiger partial charge in [-0.15, -0.1) is 0 Å². The molecule has 0 bridgehead atoms. The summed E-state index contributed by atoms with van der Waals surface area (Å²) in [6, 6.07) is 11.4. The van der Waals surface area contributed by atoms with Crippen LogP contribution >= 0.6 is 0 Å². The van der Waals surface area contributed by atoms with Gasteiger partial charge < -0.3 is 19.7 Å².